The summed E-state index contributed by atoms with van der Waals surface area (Å²) in [5.41, 5.74) is 3.32. The van der Waals surface area contributed by atoms with Gasteiger partial charge in [-0.15, -0.1) is 0 Å². The predicted octanol–water partition coefficient (Wildman–Crippen LogP) is 9.81. The number of halogens is 2. The first kappa shape index (κ1) is 29.9. The monoisotopic (exact) mass is 574 g/mol. The van der Waals surface area contributed by atoms with Crippen molar-refractivity contribution in [1.29, 1.82) is 0 Å². The summed E-state index contributed by atoms with van der Waals surface area (Å²) in [7, 11) is 9.87. The standard InChI is InChI=1S/C29H36.2CH3.2ClH.Zr/c1-18(2)27-17-21-11-5-6-14-24(21)29(27)26-16-10-9-15-25(26)28-19(3)22-12-7-8-13-23(22)20(28)4;;;;;/h5-16,18-24,27-29H,17H2,1-4H3;2*1H3;2*1H;/q;2*-1;;;+4/p-2. The van der Waals surface area contributed by atoms with Crippen LogP contribution in [0.15, 0.2) is 72.9 Å². The fraction of sp³-hybridized carbons (Fsp3) is 0.484. The fourth-order valence-corrected chi connectivity index (χ4v) is 7.50. The number of fused-ring (bicyclic) bond motifs is 2. The third-order valence-electron chi connectivity index (χ3n) is 8.86. The summed E-state index contributed by atoms with van der Waals surface area (Å²) in [6, 6.07) is 9.55. The summed E-state index contributed by atoms with van der Waals surface area (Å²) in [4.78, 5) is 0. The summed E-state index contributed by atoms with van der Waals surface area (Å²) in [5.74, 6) is 7.00. The van der Waals surface area contributed by atoms with Crippen LogP contribution in [0.2, 0.25) is 0 Å². The molecule has 184 valence electrons. The van der Waals surface area contributed by atoms with Gasteiger partial charge in [0.25, 0.3) is 0 Å². The van der Waals surface area contributed by atoms with E-state index >= 15 is 0 Å². The summed E-state index contributed by atoms with van der Waals surface area (Å²) < 4.78 is 0. The van der Waals surface area contributed by atoms with E-state index in [-0.39, 0.29) is 14.9 Å². The minimum absolute atomic E-state index is 0. The van der Waals surface area contributed by atoms with Crippen LogP contribution < -0.4 is 0 Å². The Labute approximate surface area is 228 Å². The van der Waals surface area contributed by atoms with E-state index < -0.39 is 20.8 Å². The molecule has 0 saturated heterocycles. The SMILES string of the molecule is CC(C)C1CC2C=CC=CC2C1c1ccccc1C1C(C)C2C=CC=CC2C1C.[CH3-].[CH3-].[Cl][Zr+2][Cl]. The van der Waals surface area contributed by atoms with Crippen molar-refractivity contribution in [2.45, 2.75) is 46.0 Å². The van der Waals surface area contributed by atoms with E-state index in [1.165, 1.54) is 6.42 Å². The molecule has 5 rings (SSSR count). The number of benzene rings is 1. The molecule has 0 aliphatic heterocycles. The molecule has 4 aliphatic carbocycles. The van der Waals surface area contributed by atoms with Crippen molar-refractivity contribution in [1.82, 2.24) is 0 Å². The first-order chi connectivity index (χ1) is 15.5. The first-order valence-corrected chi connectivity index (χ1v) is 18.6. The molecule has 2 saturated carbocycles. The van der Waals surface area contributed by atoms with Crippen molar-refractivity contribution >= 4 is 17.0 Å². The van der Waals surface area contributed by atoms with E-state index in [2.05, 4.69) is 101 Å². The molecule has 0 amide bonds. The van der Waals surface area contributed by atoms with Gasteiger partial charge in [-0.25, -0.2) is 0 Å². The number of hydrogen-bond acceptors (Lipinski definition) is 0. The van der Waals surface area contributed by atoms with E-state index in [4.69, 9.17) is 17.0 Å². The number of allylic oxidation sites excluding steroid dienone is 8. The Hall–Kier alpha value is -0.357. The Morgan fingerprint density at radius 3 is 1.68 bits per heavy atom. The van der Waals surface area contributed by atoms with Crippen molar-refractivity contribution < 1.29 is 20.8 Å². The molecule has 8 atom stereocenters. The van der Waals surface area contributed by atoms with Crippen LogP contribution in [0, 0.1) is 62.2 Å². The maximum absolute atomic E-state index is 4.93. The molecule has 4 aliphatic rings. The van der Waals surface area contributed by atoms with Crippen molar-refractivity contribution in [2.24, 2.45) is 47.3 Å². The van der Waals surface area contributed by atoms with E-state index in [0.717, 1.165) is 17.8 Å². The van der Waals surface area contributed by atoms with Gasteiger partial charge in [0, 0.05) is 0 Å². The van der Waals surface area contributed by atoms with E-state index in [0.29, 0.717) is 41.4 Å². The molecule has 0 aromatic heterocycles. The van der Waals surface area contributed by atoms with Crippen molar-refractivity contribution in [2.75, 3.05) is 0 Å². The fourth-order valence-electron chi connectivity index (χ4n) is 7.50. The van der Waals surface area contributed by atoms with Gasteiger partial charge in [-0.05, 0) is 76.7 Å². The Balaban J connectivity index is 0.000000778. The molecule has 0 heterocycles. The molecule has 0 bridgehead atoms. The van der Waals surface area contributed by atoms with Gasteiger partial charge in [-0.3, -0.25) is 0 Å². The first-order valence-electron chi connectivity index (χ1n) is 12.2. The molecule has 0 N–H and O–H groups in total. The van der Waals surface area contributed by atoms with Gasteiger partial charge in [0.05, 0.1) is 0 Å². The molecule has 0 spiro atoms. The quantitative estimate of drug-likeness (QED) is 0.314. The Kier molecular flexibility index (Phi) is 11.7. The molecule has 8 unspecified atom stereocenters. The summed E-state index contributed by atoms with van der Waals surface area (Å²) in [6.45, 7) is 9.89. The van der Waals surface area contributed by atoms with Crippen LogP contribution in [0.5, 0.6) is 0 Å². The third kappa shape index (κ3) is 5.63. The Morgan fingerprint density at radius 2 is 1.18 bits per heavy atom. The zero-order valence-electron chi connectivity index (χ0n) is 21.7. The van der Waals surface area contributed by atoms with Crippen LogP contribution >= 0.6 is 17.0 Å². The topological polar surface area (TPSA) is 0 Å². The van der Waals surface area contributed by atoms with E-state index in [9.17, 15) is 0 Å². The molecular formula is C31H42Cl2Zr. The molecule has 2 fully saturated rings. The van der Waals surface area contributed by atoms with Gasteiger partial charge < -0.3 is 14.9 Å². The number of rotatable bonds is 3. The zero-order valence-corrected chi connectivity index (χ0v) is 25.6. The predicted molar refractivity (Wildman–Crippen MR) is 148 cm³/mol. The van der Waals surface area contributed by atoms with Crippen molar-refractivity contribution in [3.8, 4) is 0 Å². The molecule has 0 radical (unpaired) electrons. The number of hydrogen-bond donors (Lipinski definition) is 0. The van der Waals surface area contributed by atoms with Crippen molar-refractivity contribution in [3.05, 3.63) is 98.9 Å². The molecule has 0 nitrogen and oxygen atoms in total. The Bertz CT molecular complexity index is 874. The van der Waals surface area contributed by atoms with Gasteiger partial charge >= 0.3 is 37.9 Å². The zero-order chi connectivity index (χ0) is 22.8. The van der Waals surface area contributed by atoms with Gasteiger partial charge in [0.1, 0.15) is 0 Å². The van der Waals surface area contributed by atoms with Gasteiger partial charge in [-0.2, -0.15) is 0 Å². The van der Waals surface area contributed by atoms with Gasteiger partial charge in [0.15, 0.2) is 0 Å². The molecule has 1 aromatic rings. The minimum atomic E-state index is -0.826. The second-order valence-electron chi connectivity index (χ2n) is 10.5. The van der Waals surface area contributed by atoms with Crippen LogP contribution in [0.25, 0.3) is 0 Å². The van der Waals surface area contributed by atoms with Crippen LogP contribution in [0.1, 0.15) is 57.1 Å². The Morgan fingerprint density at radius 1 is 0.735 bits per heavy atom. The maximum atomic E-state index is 4.93. The van der Waals surface area contributed by atoms with E-state index in [1.807, 2.05) is 0 Å². The van der Waals surface area contributed by atoms with E-state index in [1.54, 1.807) is 11.1 Å². The van der Waals surface area contributed by atoms with Gasteiger partial charge in [-0.1, -0.05) is 101 Å². The van der Waals surface area contributed by atoms with Crippen LogP contribution in [-0.2, 0) is 20.8 Å². The average molecular weight is 577 g/mol. The second-order valence-corrected chi connectivity index (χ2v) is 14.3. The average Bonchev–Trinajstić information content (AvgIpc) is 3.31. The molecule has 3 heteroatoms. The summed E-state index contributed by atoms with van der Waals surface area (Å²) >= 11 is -0.826. The summed E-state index contributed by atoms with van der Waals surface area (Å²) in [5, 5.41) is 0. The van der Waals surface area contributed by atoms with Crippen LogP contribution in [0.4, 0.5) is 0 Å². The molecular weight excluding hydrogens is 534 g/mol. The van der Waals surface area contributed by atoms with Crippen LogP contribution in [0.3, 0.4) is 0 Å². The second kappa shape index (κ2) is 13.3. The molecule has 34 heavy (non-hydrogen) atoms. The molecule has 1 aromatic carbocycles. The van der Waals surface area contributed by atoms with Gasteiger partial charge in [0.2, 0.25) is 0 Å². The van der Waals surface area contributed by atoms with Crippen molar-refractivity contribution in [3.63, 3.8) is 0 Å². The van der Waals surface area contributed by atoms with Crippen LogP contribution in [-0.4, -0.2) is 0 Å². The normalized spacial score (nSPS) is 36.5. The third-order valence-corrected chi connectivity index (χ3v) is 8.86. The summed E-state index contributed by atoms with van der Waals surface area (Å²) in [6.07, 6.45) is 20.4.